The molecule has 1 N–H and O–H groups in total. The van der Waals surface area contributed by atoms with Crippen molar-refractivity contribution in [1.82, 2.24) is 0 Å². The molecule has 0 aliphatic rings. The number of carbonyl (C=O) groups excluding carboxylic acids is 4. The zero-order valence-corrected chi connectivity index (χ0v) is 24.0. The van der Waals surface area contributed by atoms with Crippen molar-refractivity contribution >= 4 is 23.3 Å². The Labute approximate surface area is 220 Å². The molecule has 0 aliphatic carbocycles. The molecule has 1 aromatic heterocycles. The molecule has 0 saturated heterocycles. The van der Waals surface area contributed by atoms with Crippen LogP contribution in [0, 0.1) is 37.5 Å². The van der Waals surface area contributed by atoms with Gasteiger partial charge in [-0.3, -0.25) is 24.0 Å². The maximum atomic E-state index is 13.3. The van der Waals surface area contributed by atoms with Crippen LogP contribution in [0.3, 0.4) is 0 Å². The molecular formula is C29H44O8. The smallest absolute Gasteiger partial charge is 0.311 e. The molecule has 8 nitrogen and oxygen atoms in total. The zero-order chi connectivity index (χ0) is 28.8. The first-order valence-electron chi connectivity index (χ1n) is 13.3. The molecule has 208 valence electrons. The summed E-state index contributed by atoms with van der Waals surface area (Å²) < 4.78 is 11.5. The minimum atomic E-state index is -1.39. The van der Waals surface area contributed by atoms with Crippen LogP contribution in [0.1, 0.15) is 96.8 Å². The van der Waals surface area contributed by atoms with Crippen molar-refractivity contribution in [1.29, 1.82) is 0 Å². The molecule has 37 heavy (non-hydrogen) atoms. The topological polar surface area (TPSA) is 128 Å². The summed E-state index contributed by atoms with van der Waals surface area (Å²) >= 11 is 0. The summed E-state index contributed by atoms with van der Waals surface area (Å²) in [6, 6.07) is 0. The van der Waals surface area contributed by atoms with E-state index in [0.717, 1.165) is 0 Å². The Morgan fingerprint density at radius 1 is 0.811 bits per heavy atom. The van der Waals surface area contributed by atoms with E-state index in [1.165, 1.54) is 13.8 Å². The van der Waals surface area contributed by atoms with Crippen molar-refractivity contribution in [2.24, 2.45) is 23.7 Å². The maximum Gasteiger partial charge on any atom is 0.311 e. The van der Waals surface area contributed by atoms with E-state index in [0.29, 0.717) is 23.3 Å². The molecule has 0 saturated carbocycles. The second kappa shape index (κ2) is 13.8. The van der Waals surface area contributed by atoms with Crippen molar-refractivity contribution in [2.75, 3.05) is 0 Å². The lowest BCUT2D eigenvalue weighted by Gasteiger charge is -2.31. The van der Waals surface area contributed by atoms with Crippen molar-refractivity contribution in [2.45, 2.75) is 107 Å². The van der Waals surface area contributed by atoms with Crippen LogP contribution in [0.5, 0.6) is 0 Å². The minimum absolute atomic E-state index is 0.138. The zero-order valence-electron chi connectivity index (χ0n) is 24.0. The molecule has 1 heterocycles. The van der Waals surface area contributed by atoms with Crippen molar-refractivity contribution in [3.63, 3.8) is 0 Å². The third-order valence-corrected chi connectivity index (χ3v) is 7.64. The monoisotopic (exact) mass is 520 g/mol. The quantitative estimate of drug-likeness (QED) is 0.360. The van der Waals surface area contributed by atoms with Crippen molar-refractivity contribution < 1.29 is 33.4 Å². The lowest BCUT2D eigenvalue weighted by molar-refractivity contribution is -0.166. The summed E-state index contributed by atoms with van der Waals surface area (Å²) in [5.74, 6) is -4.96. The molecule has 0 aromatic carbocycles. The van der Waals surface area contributed by atoms with Gasteiger partial charge in [-0.15, -0.1) is 0 Å². The fourth-order valence-corrected chi connectivity index (χ4v) is 4.71. The number of esters is 1. The number of aliphatic hydroxyl groups excluding tert-OH is 1. The number of aliphatic hydroxyl groups is 1. The Hall–Kier alpha value is -2.61. The summed E-state index contributed by atoms with van der Waals surface area (Å²) in [6.45, 7) is 16.4. The van der Waals surface area contributed by atoms with Gasteiger partial charge in [0.1, 0.15) is 35.0 Å². The summed E-state index contributed by atoms with van der Waals surface area (Å²) in [4.78, 5) is 63.7. The molecular weight excluding hydrogens is 476 g/mol. The van der Waals surface area contributed by atoms with E-state index in [4.69, 9.17) is 9.15 Å². The summed E-state index contributed by atoms with van der Waals surface area (Å²) in [5.41, 5.74) is 0.672. The summed E-state index contributed by atoms with van der Waals surface area (Å²) in [6.07, 6.45) is -1.39. The second-order valence-corrected chi connectivity index (χ2v) is 10.1. The predicted octanol–water partition coefficient (Wildman–Crippen LogP) is 4.27. The molecule has 6 atom stereocenters. The van der Waals surface area contributed by atoms with Gasteiger partial charge in [0.25, 0.3) is 0 Å². The maximum absolute atomic E-state index is 13.3. The molecule has 0 aliphatic heterocycles. The van der Waals surface area contributed by atoms with Gasteiger partial charge in [-0.1, -0.05) is 41.5 Å². The van der Waals surface area contributed by atoms with Gasteiger partial charge in [-0.25, -0.2) is 0 Å². The fourth-order valence-electron chi connectivity index (χ4n) is 4.71. The molecule has 1 rings (SSSR count). The van der Waals surface area contributed by atoms with Crippen LogP contribution < -0.4 is 5.43 Å². The van der Waals surface area contributed by atoms with Gasteiger partial charge in [0, 0.05) is 36.3 Å². The normalized spacial score (nSPS) is 16.4. The molecule has 0 bridgehead atoms. The number of Topliss-reactive ketones (excluding diaryl/α,β-unsaturated/α-hetero) is 3. The van der Waals surface area contributed by atoms with Gasteiger partial charge in [-0.05, 0) is 27.7 Å². The highest BCUT2D eigenvalue weighted by Crippen LogP contribution is 2.29. The van der Waals surface area contributed by atoms with E-state index in [-0.39, 0.29) is 41.4 Å². The standard InChI is InChI=1S/C29H44O8/c1-11-21(30)14(4)27(15(5)22(31)12-2)37-29(35)20(10)26(34)17(7)25(33)19(9)28-18(8)24(32)16(6)23(13-3)36-28/h14-15,17,19-20,26-27,34H,11-13H2,1-10H3/t14-,15-,17+,19+,20+,26+/m0/s1. The Kier molecular flexibility index (Phi) is 12.1. The molecule has 1 aromatic rings. The first-order valence-corrected chi connectivity index (χ1v) is 13.3. The third-order valence-electron chi connectivity index (χ3n) is 7.64. The minimum Gasteiger partial charge on any atom is -0.465 e. The Bertz CT molecular complexity index is 1030. The second-order valence-electron chi connectivity index (χ2n) is 10.1. The molecule has 0 radical (unpaired) electrons. The van der Waals surface area contributed by atoms with Crippen LogP contribution in [0.25, 0.3) is 0 Å². The molecule has 0 unspecified atom stereocenters. The Balaban J connectivity index is 3.15. The van der Waals surface area contributed by atoms with Gasteiger partial charge in [0.2, 0.25) is 0 Å². The van der Waals surface area contributed by atoms with E-state index in [2.05, 4.69) is 0 Å². The summed E-state index contributed by atoms with van der Waals surface area (Å²) in [5, 5.41) is 10.9. The highest BCUT2D eigenvalue weighted by atomic mass is 16.5. The average molecular weight is 521 g/mol. The van der Waals surface area contributed by atoms with Crippen LogP contribution in [-0.4, -0.2) is 40.6 Å². The van der Waals surface area contributed by atoms with E-state index >= 15 is 0 Å². The lowest BCUT2D eigenvalue weighted by atomic mass is 9.83. The SMILES string of the molecule is CCC(=O)[C@H](C)C(OC(=O)[C@H](C)[C@H](O)[C@H](C)C(=O)[C@@H](C)c1oc(CC)c(C)c(=O)c1C)[C@@H](C)C(=O)CC. The number of rotatable bonds is 14. The molecule has 0 spiro atoms. The van der Waals surface area contributed by atoms with Crippen LogP contribution in [0.15, 0.2) is 9.21 Å². The summed E-state index contributed by atoms with van der Waals surface area (Å²) in [7, 11) is 0. The number of hydrogen-bond donors (Lipinski definition) is 1. The van der Waals surface area contributed by atoms with Crippen LogP contribution in [0.2, 0.25) is 0 Å². The Morgan fingerprint density at radius 3 is 1.73 bits per heavy atom. The first-order chi connectivity index (χ1) is 17.2. The van der Waals surface area contributed by atoms with Gasteiger partial charge in [0.05, 0.1) is 29.8 Å². The fraction of sp³-hybridized carbons (Fsp3) is 0.690. The average Bonchev–Trinajstić information content (AvgIpc) is 2.90. The number of ketones is 3. The number of ether oxygens (including phenoxy) is 1. The highest BCUT2D eigenvalue weighted by Gasteiger charge is 2.39. The molecule has 0 amide bonds. The van der Waals surface area contributed by atoms with E-state index in [1.807, 2.05) is 6.92 Å². The molecule has 0 fully saturated rings. The Morgan fingerprint density at radius 2 is 1.30 bits per heavy atom. The number of carbonyl (C=O) groups is 4. The first kappa shape index (κ1) is 32.4. The van der Waals surface area contributed by atoms with Crippen molar-refractivity contribution in [3.05, 3.63) is 32.9 Å². The highest BCUT2D eigenvalue weighted by molar-refractivity contribution is 5.88. The van der Waals surface area contributed by atoms with E-state index < -0.39 is 47.8 Å². The predicted molar refractivity (Wildman–Crippen MR) is 140 cm³/mol. The van der Waals surface area contributed by atoms with Crippen molar-refractivity contribution in [3.8, 4) is 0 Å². The lowest BCUT2D eigenvalue weighted by Crippen LogP contribution is -2.43. The largest absolute Gasteiger partial charge is 0.465 e. The van der Waals surface area contributed by atoms with Crippen LogP contribution in [0.4, 0.5) is 0 Å². The number of aryl methyl sites for hydroxylation is 1. The third kappa shape index (κ3) is 7.24. The van der Waals surface area contributed by atoms with Gasteiger partial charge < -0.3 is 14.3 Å². The van der Waals surface area contributed by atoms with Gasteiger partial charge >= 0.3 is 5.97 Å². The van der Waals surface area contributed by atoms with E-state index in [9.17, 15) is 29.1 Å². The van der Waals surface area contributed by atoms with E-state index in [1.54, 1.807) is 48.5 Å². The molecule has 8 heteroatoms. The van der Waals surface area contributed by atoms with Gasteiger partial charge in [0.15, 0.2) is 5.43 Å². The number of hydrogen-bond acceptors (Lipinski definition) is 8. The van der Waals surface area contributed by atoms with Gasteiger partial charge in [-0.2, -0.15) is 0 Å². The van der Waals surface area contributed by atoms with Crippen LogP contribution in [-0.2, 0) is 30.3 Å². The van der Waals surface area contributed by atoms with Crippen LogP contribution >= 0.6 is 0 Å².